The van der Waals surface area contributed by atoms with Crippen LogP contribution >= 0.6 is 23.2 Å². The lowest BCUT2D eigenvalue weighted by Crippen LogP contribution is -2.58. The van der Waals surface area contributed by atoms with Crippen molar-refractivity contribution in [2.45, 2.75) is 38.0 Å². The van der Waals surface area contributed by atoms with E-state index in [1.54, 1.807) is 24.3 Å². The first-order valence-corrected chi connectivity index (χ1v) is 12.3. The van der Waals surface area contributed by atoms with Gasteiger partial charge in [-0.25, -0.2) is 0 Å². The summed E-state index contributed by atoms with van der Waals surface area (Å²) in [5.74, 6) is -12.4. The molecular weight excluding hydrogens is 584 g/mol. The van der Waals surface area contributed by atoms with Gasteiger partial charge in [-0.1, -0.05) is 61.3 Å². The average molecular weight is 608 g/mol. The lowest BCUT2D eigenvalue weighted by atomic mass is 9.94. The number of amides is 3. The number of carbonyl (C=O) groups excluding carboxylic acids is 4. The molecule has 0 saturated carbocycles. The van der Waals surface area contributed by atoms with E-state index in [2.05, 4.69) is 10.6 Å². The van der Waals surface area contributed by atoms with Crippen LogP contribution in [0.5, 0.6) is 0 Å². The van der Waals surface area contributed by atoms with Gasteiger partial charge in [0.05, 0.1) is 6.04 Å². The minimum Gasteiger partial charge on any atom is -0.344 e. The predicted molar refractivity (Wildman–Crippen MR) is 139 cm³/mol. The van der Waals surface area contributed by atoms with E-state index in [1.165, 1.54) is 44.2 Å². The van der Waals surface area contributed by atoms with Crippen molar-refractivity contribution in [3.05, 3.63) is 75.8 Å². The molecule has 0 radical (unpaired) electrons. The number of hydrogen-bond donors (Lipinski definition) is 3. The second-order valence-electron chi connectivity index (χ2n) is 8.85. The number of hydrogen-bond acceptors (Lipinski definition) is 4. The highest BCUT2D eigenvalue weighted by molar-refractivity contribution is 6.31. The molecule has 2 aromatic carbocycles. The molecule has 14 heteroatoms. The van der Waals surface area contributed by atoms with Crippen molar-refractivity contribution in [1.82, 2.24) is 16.0 Å². The molecule has 0 fully saturated rings. The van der Waals surface area contributed by atoms with Gasteiger partial charge < -0.3 is 16.0 Å². The Morgan fingerprint density at radius 2 is 1.52 bits per heavy atom. The fourth-order valence-electron chi connectivity index (χ4n) is 3.30. The minimum absolute atomic E-state index is 0.163. The van der Waals surface area contributed by atoms with Gasteiger partial charge in [0.15, 0.2) is 0 Å². The summed E-state index contributed by atoms with van der Waals surface area (Å²) in [5.41, 5.74) is 0.725. The van der Waals surface area contributed by atoms with Crippen molar-refractivity contribution >= 4 is 52.8 Å². The lowest BCUT2D eigenvalue weighted by Gasteiger charge is -2.27. The van der Waals surface area contributed by atoms with E-state index in [-0.39, 0.29) is 10.6 Å². The summed E-state index contributed by atoms with van der Waals surface area (Å²) in [5, 5.41) is 6.16. The van der Waals surface area contributed by atoms with Crippen LogP contribution in [0, 0.1) is 5.92 Å². The second kappa shape index (κ2) is 13.7. The topological polar surface area (TPSA) is 104 Å². The Bertz CT molecular complexity index is 1270. The first-order valence-electron chi connectivity index (χ1n) is 11.6. The van der Waals surface area contributed by atoms with Crippen molar-refractivity contribution in [3.63, 3.8) is 0 Å². The van der Waals surface area contributed by atoms with E-state index in [4.69, 9.17) is 23.2 Å². The van der Waals surface area contributed by atoms with Crippen molar-refractivity contribution in [2.75, 3.05) is 6.54 Å². The van der Waals surface area contributed by atoms with Gasteiger partial charge in [-0.2, -0.15) is 22.0 Å². The molecule has 3 amide bonds. The Kier molecular flexibility index (Phi) is 11.2. The summed E-state index contributed by atoms with van der Waals surface area (Å²) in [4.78, 5) is 50.2. The molecule has 2 aromatic rings. The Morgan fingerprint density at radius 3 is 2.08 bits per heavy atom. The molecule has 0 heterocycles. The molecular formula is C26H24Cl2F5N3O4. The van der Waals surface area contributed by atoms with Crippen LogP contribution in [0.3, 0.4) is 0 Å². The fraction of sp³-hybridized carbons (Fsp3) is 0.308. The Balaban J connectivity index is 2.29. The first-order chi connectivity index (χ1) is 18.5. The Labute approximate surface area is 236 Å². The zero-order valence-electron chi connectivity index (χ0n) is 21.0. The third kappa shape index (κ3) is 9.60. The Morgan fingerprint density at radius 1 is 0.900 bits per heavy atom. The SMILES string of the molecule is CC(C)[C@H](NC(=O)[C@@H](NC(=O)C=Cc1cccc(Cl)c1)c1ccc(Cl)cc1)C(=O)C(F)(F)C(=O)NCC(F)(F)F. The zero-order valence-corrected chi connectivity index (χ0v) is 22.5. The molecule has 7 nitrogen and oxygen atoms in total. The summed E-state index contributed by atoms with van der Waals surface area (Å²) in [7, 11) is 0. The minimum atomic E-state index is -4.99. The molecule has 2 atom stereocenters. The van der Waals surface area contributed by atoms with Gasteiger partial charge in [0.2, 0.25) is 17.6 Å². The highest BCUT2D eigenvalue weighted by Crippen LogP contribution is 2.23. The van der Waals surface area contributed by atoms with Gasteiger partial charge in [0, 0.05) is 16.1 Å². The van der Waals surface area contributed by atoms with Crippen LogP contribution in [-0.4, -0.2) is 48.2 Å². The molecule has 2 rings (SSSR count). The van der Waals surface area contributed by atoms with Crippen LogP contribution in [0.1, 0.15) is 31.0 Å². The van der Waals surface area contributed by atoms with Crippen LogP contribution in [0.15, 0.2) is 54.6 Å². The van der Waals surface area contributed by atoms with Crippen LogP contribution in [0.4, 0.5) is 22.0 Å². The van der Waals surface area contributed by atoms with Gasteiger partial charge >= 0.3 is 12.1 Å². The summed E-state index contributed by atoms with van der Waals surface area (Å²) in [6.45, 7) is 0.465. The van der Waals surface area contributed by atoms with Gasteiger partial charge in [0.1, 0.15) is 12.6 Å². The van der Waals surface area contributed by atoms with Crippen LogP contribution < -0.4 is 16.0 Å². The van der Waals surface area contributed by atoms with Crippen LogP contribution in [0.2, 0.25) is 10.0 Å². The van der Waals surface area contributed by atoms with Crippen LogP contribution in [0.25, 0.3) is 6.08 Å². The van der Waals surface area contributed by atoms with Crippen molar-refractivity contribution < 1.29 is 41.1 Å². The molecule has 40 heavy (non-hydrogen) atoms. The molecule has 0 aliphatic heterocycles. The largest absolute Gasteiger partial charge is 0.405 e. The quantitative estimate of drug-likeness (QED) is 0.192. The predicted octanol–water partition coefficient (Wildman–Crippen LogP) is 4.89. The second-order valence-corrected chi connectivity index (χ2v) is 9.72. The van der Waals surface area contributed by atoms with Gasteiger partial charge in [-0.15, -0.1) is 0 Å². The van der Waals surface area contributed by atoms with E-state index in [0.29, 0.717) is 10.6 Å². The molecule has 0 unspecified atom stereocenters. The fourth-order valence-corrected chi connectivity index (χ4v) is 3.62. The maximum Gasteiger partial charge on any atom is 0.405 e. The number of Topliss-reactive ketones (excluding diaryl/α,β-unsaturated/α-hetero) is 1. The molecule has 3 N–H and O–H groups in total. The smallest absolute Gasteiger partial charge is 0.344 e. The number of benzene rings is 2. The maximum absolute atomic E-state index is 14.5. The highest BCUT2D eigenvalue weighted by atomic mass is 35.5. The molecule has 0 bridgehead atoms. The number of halogens is 7. The molecule has 0 aromatic heterocycles. The normalized spacial score (nSPS) is 13.6. The summed E-state index contributed by atoms with van der Waals surface area (Å²) in [6.07, 6.45) is -2.50. The zero-order chi connectivity index (χ0) is 30.3. The molecule has 0 spiro atoms. The van der Waals surface area contributed by atoms with E-state index < -0.39 is 60.1 Å². The van der Waals surface area contributed by atoms with Crippen molar-refractivity contribution in [1.29, 1.82) is 0 Å². The lowest BCUT2D eigenvalue weighted by molar-refractivity contribution is -0.165. The summed E-state index contributed by atoms with van der Waals surface area (Å²) >= 11 is 11.8. The molecule has 216 valence electrons. The molecule has 0 aliphatic carbocycles. The third-order valence-corrected chi connectivity index (χ3v) is 5.81. The standard InChI is InChI=1S/C26H24Cl2F5N3O4/c1-14(2)20(22(38)26(32,33)24(40)34-13-25(29,30)31)36-23(39)21(16-7-9-17(27)10-8-16)35-19(37)11-6-15-4-3-5-18(28)12-15/h3-12,14,20-21H,13H2,1-2H3,(H,34,40)(H,35,37)(H,36,39)/t20-,21-/m0/s1. The molecule has 0 aliphatic rings. The van der Waals surface area contributed by atoms with E-state index in [0.717, 1.165) is 11.4 Å². The maximum atomic E-state index is 14.5. The summed E-state index contributed by atoms with van der Waals surface area (Å²) in [6, 6.07) is 8.51. The average Bonchev–Trinajstić information content (AvgIpc) is 2.87. The van der Waals surface area contributed by atoms with Crippen molar-refractivity contribution in [2.24, 2.45) is 5.92 Å². The van der Waals surface area contributed by atoms with E-state index in [1.807, 2.05) is 0 Å². The van der Waals surface area contributed by atoms with Gasteiger partial charge in [-0.05, 0) is 47.4 Å². The number of ketones is 1. The molecule has 0 saturated heterocycles. The van der Waals surface area contributed by atoms with Gasteiger partial charge in [-0.3, -0.25) is 19.2 Å². The number of alkyl halides is 5. The van der Waals surface area contributed by atoms with Crippen molar-refractivity contribution in [3.8, 4) is 0 Å². The van der Waals surface area contributed by atoms with E-state index in [9.17, 15) is 41.1 Å². The van der Waals surface area contributed by atoms with Gasteiger partial charge in [0.25, 0.3) is 5.91 Å². The number of nitrogens with one attached hydrogen (secondary N) is 3. The third-order valence-electron chi connectivity index (χ3n) is 5.32. The monoisotopic (exact) mass is 607 g/mol. The first kappa shape index (κ1) is 32.7. The Hall–Kier alpha value is -3.51. The van der Waals surface area contributed by atoms with E-state index >= 15 is 0 Å². The summed E-state index contributed by atoms with van der Waals surface area (Å²) < 4.78 is 66.1. The van der Waals surface area contributed by atoms with Crippen LogP contribution in [-0.2, 0) is 19.2 Å². The number of carbonyl (C=O) groups is 4. The highest BCUT2D eigenvalue weighted by Gasteiger charge is 2.52. The number of rotatable bonds is 11.